The predicted octanol–water partition coefficient (Wildman–Crippen LogP) is 13.6. The number of aromatic carboxylic acids is 2. The molecule has 0 aromatic heterocycles. The number of rotatable bonds is 32. The molecule has 0 saturated heterocycles. The molecule has 0 aliphatic rings. The summed E-state index contributed by atoms with van der Waals surface area (Å²) in [6.07, 6.45) is 29.0. The summed E-state index contributed by atoms with van der Waals surface area (Å²) < 4.78 is 10.7. The third-order valence-electron chi connectivity index (χ3n) is 10.3. The first kappa shape index (κ1) is 50.3. The number of aryl methyl sites for hydroxylation is 1. The molecule has 0 amide bonds. The number of ether oxygens (including phenoxy) is 2. The van der Waals surface area contributed by atoms with Crippen molar-refractivity contribution in [2.24, 2.45) is 0 Å². The van der Waals surface area contributed by atoms with Crippen molar-refractivity contribution in [1.82, 2.24) is 0 Å². The van der Waals surface area contributed by atoms with Crippen molar-refractivity contribution >= 4 is 23.9 Å². The summed E-state index contributed by atoms with van der Waals surface area (Å²) in [6, 6.07) is 10.1. The molecule has 2 aromatic rings. The summed E-state index contributed by atoms with van der Waals surface area (Å²) in [5, 5.41) is 19.1. The van der Waals surface area contributed by atoms with Crippen molar-refractivity contribution in [3.63, 3.8) is 0 Å². The normalized spacial score (nSPS) is 10.8. The third kappa shape index (κ3) is 22.2. The van der Waals surface area contributed by atoms with Gasteiger partial charge < -0.3 is 19.7 Å². The maximum absolute atomic E-state index is 12.4. The lowest BCUT2D eigenvalue weighted by Gasteiger charge is -2.15. The van der Waals surface area contributed by atoms with E-state index in [1.165, 1.54) is 102 Å². The van der Waals surface area contributed by atoms with Gasteiger partial charge in [0.2, 0.25) is 0 Å². The largest absolute Gasteiger partial charge is 0.478 e. The van der Waals surface area contributed by atoms with Gasteiger partial charge in [0.25, 0.3) is 0 Å². The SMILES string of the molecule is CCCCCCCCOC(=O)c1ccccc1C(=O)OCCCCCCCC.CCCCCCCCc1ccc(C(=O)O)c(C(=O)O)c1CCCCCCCC. The lowest BCUT2D eigenvalue weighted by molar-refractivity contribution is 0.0450. The van der Waals surface area contributed by atoms with Crippen LogP contribution < -0.4 is 0 Å². The highest BCUT2D eigenvalue weighted by Crippen LogP contribution is 2.25. The van der Waals surface area contributed by atoms with Crippen molar-refractivity contribution in [3.8, 4) is 0 Å². The molecular weight excluding hydrogens is 705 g/mol. The number of hydrogen-bond acceptors (Lipinski definition) is 6. The summed E-state index contributed by atoms with van der Waals surface area (Å²) >= 11 is 0. The van der Waals surface area contributed by atoms with Crippen molar-refractivity contribution in [2.45, 2.75) is 195 Å². The van der Waals surface area contributed by atoms with Crippen LogP contribution in [-0.2, 0) is 22.3 Å². The van der Waals surface area contributed by atoms with Crippen LogP contribution in [0.5, 0.6) is 0 Å². The number of carboxylic acids is 2. The molecule has 0 aliphatic heterocycles. The Morgan fingerprint density at radius 1 is 0.429 bits per heavy atom. The molecule has 56 heavy (non-hydrogen) atoms. The lowest BCUT2D eigenvalue weighted by atomic mass is 9.89. The Labute approximate surface area is 339 Å². The first-order chi connectivity index (χ1) is 27.2. The molecule has 0 saturated carbocycles. The molecule has 0 heterocycles. The van der Waals surface area contributed by atoms with Crippen LogP contribution in [0.15, 0.2) is 36.4 Å². The van der Waals surface area contributed by atoms with Crippen molar-refractivity contribution in [1.29, 1.82) is 0 Å². The van der Waals surface area contributed by atoms with Gasteiger partial charge in [-0.15, -0.1) is 0 Å². The average molecular weight is 781 g/mol. The lowest BCUT2D eigenvalue weighted by Crippen LogP contribution is -2.15. The first-order valence-electron chi connectivity index (χ1n) is 22.3. The number of esters is 2. The monoisotopic (exact) mass is 781 g/mol. The van der Waals surface area contributed by atoms with E-state index in [9.17, 15) is 29.4 Å². The Balaban J connectivity index is 0.000000560. The highest BCUT2D eigenvalue weighted by atomic mass is 16.5. The molecular formula is C48H76O8. The van der Waals surface area contributed by atoms with E-state index in [0.29, 0.717) is 30.8 Å². The van der Waals surface area contributed by atoms with Gasteiger partial charge in [0.05, 0.1) is 35.5 Å². The van der Waals surface area contributed by atoms with Gasteiger partial charge in [-0.2, -0.15) is 0 Å². The standard InChI is InChI=1S/2C24H38O4/c1-3-5-7-9-11-15-19-27-23(25)21-17-13-14-18-22(21)24(26)28-20-16-12-10-8-6-4-2;1-3-5-7-9-11-13-15-19-17-18-21(23(25)26)22(24(27)28)20(19)16-14-12-10-8-6-4-2/h13-14,17-18H,3-12,15-16,19-20H2,1-2H3;17-18H,3-16H2,1-2H3,(H,25,26)(H,27,28). The molecule has 2 N–H and O–H groups in total. The fourth-order valence-electron chi connectivity index (χ4n) is 6.90. The van der Waals surface area contributed by atoms with Gasteiger partial charge in [-0.05, 0) is 67.9 Å². The number of carboxylic acid groups (broad SMARTS) is 2. The van der Waals surface area contributed by atoms with Gasteiger partial charge in [-0.25, -0.2) is 19.2 Å². The van der Waals surface area contributed by atoms with Crippen LogP contribution in [0, 0.1) is 0 Å². The van der Waals surface area contributed by atoms with E-state index >= 15 is 0 Å². The molecule has 316 valence electrons. The number of carbonyl (C=O) groups excluding carboxylic acids is 2. The van der Waals surface area contributed by atoms with Gasteiger partial charge in [0.1, 0.15) is 0 Å². The van der Waals surface area contributed by atoms with Gasteiger partial charge in [0.15, 0.2) is 0 Å². The quantitative estimate of drug-likeness (QED) is 0.0555. The van der Waals surface area contributed by atoms with Crippen LogP contribution in [0.1, 0.15) is 234 Å². The minimum atomic E-state index is -1.16. The van der Waals surface area contributed by atoms with Crippen molar-refractivity contribution < 1.29 is 38.9 Å². The molecule has 0 fully saturated rings. The van der Waals surface area contributed by atoms with E-state index in [0.717, 1.165) is 75.3 Å². The predicted molar refractivity (Wildman–Crippen MR) is 228 cm³/mol. The Kier molecular flexibility index (Phi) is 30.1. The topological polar surface area (TPSA) is 127 Å². The van der Waals surface area contributed by atoms with Crippen LogP contribution in [0.2, 0.25) is 0 Å². The van der Waals surface area contributed by atoms with Gasteiger partial charge >= 0.3 is 23.9 Å². The van der Waals surface area contributed by atoms with Crippen molar-refractivity contribution in [2.75, 3.05) is 13.2 Å². The average Bonchev–Trinajstić information content (AvgIpc) is 3.19. The smallest absolute Gasteiger partial charge is 0.339 e. The molecule has 0 radical (unpaired) electrons. The van der Waals surface area contributed by atoms with Crippen LogP contribution in [0.3, 0.4) is 0 Å². The fourth-order valence-corrected chi connectivity index (χ4v) is 6.90. The van der Waals surface area contributed by atoms with E-state index in [1.807, 2.05) is 6.07 Å². The summed E-state index contributed by atoms with van der Waals surface area (Å²) in [5.74, 6) is -3.17. The van der Waals surface area contributed by atoms with E-state index in [1.54, 1.807) is 24.3 Å². The molecule has 0 aliphatic carbocycles. The zero-order chi connectivity index (χ0) is 41.2. The molecule has 2 aromatic carbocycles. The van der Waals surface area contributed by atoms with Gasteiger partial charge in [0, 0.05) is 0 Å². The minimum absolute atomic E-state index is 0.00420. The Bertz CT molecular complexity index is 1320. The van der Waals surface area contributed by atoms with Crippen LogP contribution in [-0.4, -0.2) is 47.3 Å². The third-order valence-corrected chi connectivity index (χ3v) is 10.3. The highest BCUT2D eigenvalue weighted by molar-refractivity contribution is 6.03. The fraction of sp³-hybridized carbons (Fsp3) is 0.667. The molecule has 0 atom stereocenters. The number of unbranched alkanes of at least 4 members (excludes halogenated alkanes) is 20. The minimum Gasteiger partial charge on any atom is -0.478 e. The molecule has 0 spiro atoms. The zero-order valence-electron chi connectivity index (χ0n) is 35.6. The summed E-state index contributed by atoms with van der Waals surface area (Å²) in [4.78, 5) is 48.1. The van der Waals surface area contributed by atoms with Crippen LogP contribution >= 0.6 is 0 Å². The number of benzene rings is 2. The summed E-state index contributed by atoms with van der Waals surface area (Å²) in [5.41, 5.74) is 2.27. The zero-order valence-corrected chi connectivity index (χ0v) is 35.6. The second-order valence-electron chi connectivity index (χ2n) is 15.1. The van der Waals surface area contributed by atoms with E-state index in [-0.39, 0.29) is 11.1 Å². The maximum Gasteiger partial charge on any atom is 0.339 e. The maximum atomic E-state index is 12.4. The molecule has 0 bridgehead atoms. The molecule has 2 rings (SSSR count). The van der Waals surface area contributed by atoms with E-state index < -0.39 is 23.9 Å². The molecule has 0 unspecified atom stereocenters. The van der Waals surface area contributed by atoms with Crippen LogP contribution in [0.25, 0.3) is 0 Å². The second-order valence-corrected chi connectivity index (χ2v) is 15.1. The van der Waals surface area contributed by atoms with E-state index in [2.05, 4.69) is 27.7 Å². The van der Waals surface area contributed by atoms with Crippen molar-refractivity contribution in [3.05, 3.63) is 69.8 Å². The number of hydrogen-bond donors (Lipinski definition) is 2. The van der Waals surface area contributed by atoms with Crippen LogP contribution in [0.4, 0.5) is 0 Å². The second kappa shape index (κ2) is 33.5. The highest BCUT2D eigenvalue weighted by Gasteiger charge is 2.23. The number of carbonyl (C=O) groups is 4. The Morgan fingerprint density at radius 2 is 0.804 bits per heavy atom. The molecule has 8 heteroatoms. The summed E-state index contributed by atoms with van der Waals surface area (Å²) in [6.45, 7) is 9.56. The van der Waals surface area contributed by atoms with E-state index in [4.69, 9.17) is 9.47 Å². The van der Waals surface area contributed by atoms with Gasteiger partial charge in [-0.3, -0.25) is 0 Å². The first-order valence-corrected chi connectivity index (χ1v) is 22.3. The van der Waals surface area contributed by atoms with Gasteiger partial charge in [-0.1, -0.05) is 174 Å². The Morgan fingerprint density at radius 3 is 1.20 bits per heavy atom. The molecule has 8 nitrogen and oxygen atoms in total. The Hall–Kier alpha value is -3.68. The summed E-state index contributed by atoms with van der Waals surface area (Å²) in [7, 11) is 0.